The van der Waals surface area contributed by atoms with Crippen molar-refractivity contribution in [2.24, 2.45) is 0 Å². The number of hydrogen-bond donors (Lipinski definition) is 1. The molecule has 3 rings (SSSR count). The van der Waals surface area contributed by atoms with E-state index in [-0.39, 0.29) is 0 Å². The van der Waals surface area contributed by atoms with E-state index in [1.165, 1.54) is 4.90 Å². The number of hydrogen-bond acceptors (Lipinski definition) is 5. The number of methoxy groups -OCH3 is 1. The first-order chi connectivity index (χ1) is 9.69. The lowest BCUT2D eigenvalue weighted by Gasteiger charge is -2.32. The van der Waals surface area contributed by atoms with Crippen LogP contribution in [0, 0.1) is 0 Å². The largest absolute Gasteiger partial charge is 0.497 e. The zero-order chi connectivity index (χ0) is 14.1. The van der Waals surface area contributed by atoms with Crippen LogP contribution in [0.5, 0.6) is 5.75 Å². The monoisotopic (exact) mass is 277 g/mol. The van der Waals surface area contributed by atoms with Gasteiger partial charge < -0.3 is 24.2 Å². The summed E-state index contributed by atoms with van der Waals surface area (Å²) in [6.45, 7) is 2.17. The molecule has 106 valence electrons. The van der Waals surface area contributed by atoms with Crippen LogP contribution in [-0.4, -0.2) is 54.5 Å². The van der Waals surface area contributed by atoms with Gasteiger partial charge in [-0.1, -0.05) is 5.16 Å². The van der Waals surface area contributed by atoms with Crippen molar-refractivity contribution < 1.29 is 19.2 Å². The first-order valence-electron chi connectivity index (χ1n) is 6.35. The molecule has 7 nitrogen and oxygen atoms in total. The molecule has 1 aromatic carbocycles. The predicted molar refractivity (Wildman–Crippen MR) is 72.4 cm³/mol. The number of nitrogens with zero attached hydrogens (tertiary/aromatic N) is 3. The Morgan fingerprint density at radius 2 is 2.10 bits per heavy atom. The van der Waals surface area contributed by atoms with E-state index in [4.69, 9.17) is 14.4 Å². The minimum absolute atomic E-state index is 0.472. The number of benzene rings is 1. The molecule has 2 aromatic rings. The maximum absolute atomic E-state index is 10.9. The van der Waals surface area contributed by atoms with Crippen LogP contribution in [0.1, 0.15) is 0 Å². The molecule has 1 aromatic heterocycles. The van der Waals surface area contributed by atoms with Crippen molar-refractivity contribution >= 4 is 22.9 Å². The Hall–Kier alpha value is -2.44. The number of rotatable bonds is 2. The van der Waals surface area contributed by atoms with E-state index in [0.717, 1.165) is 17.0 Å². The molecule has 1 fully saturated rings. The molecule has 0 bridgehead atoms. The Kier molecular flexibility index (Phi) is 3.09. The molecule has 0 spiro atoms. The molecule has 7 heteroatoms. The molecule has 0 aliphatic carbocycles. The van der Waals surface area contributed by atoms with Gasteiger partial charge in [-0.05, 0) is 12.1 Å². The number of amides is 1. The van der Waals surface area contributed by atoms with Gasteiger partial charge in [-0.25, -0.2) is 4.79 Å². The highest BCUT2D eigenvalue weighted by molar-refractivity contribution is 5.89. The van der Waals surface area contributed by atoms with E-state index in [1.54, 1.807) is 13.2 Å². The summed E-state index contributed by atoms with van der Waals surface area (Å²) >= 11 is 0. The smallest absolute Gasteiger partial charge is 0.407 e. The van der Waals surface area contributed by atoms with Gasteiger partial charge in [0, 0.05) is 32.2 Å². The summed E-state index contributed by atoms with van der Waals surface area (Å²) in [6.07, 6.45) is -0.876. The van der Waals surface area contributed by atoms with Crippen LogP contribution >= 0.6 is 0 Å². The summed E-state index contributed by atoms with van der Waals surface area (Å²) in [7, 11) is 1.60. The highest BCUT2D eigenvalue weighted by Crippen LogP contribution is 2.29. The average Bonchev–Trinajstić information content (AvgIpc) is 2.90. The molecule has 20 heavy (non-hydrogen) atoms. The summed E-state index contributed by atoms with van der Waals surface area (Å²) in [5.41, 5.74) is 0.667. The summed E-state index contributed by atoms with van der Waals surface area (Å²) in [5.74, 6) is 1.48. The second kappa shape index (κ2) is 4.92. The van der Waals surface area contributed by atoms with Gasteiger partial charge in [-0.3, -0.25) is 0 Å². The molecule has 1 amide bonds. The molecule has 1 N–H and O–H groups in total. The lowest BCUT2D eigenvalue weighted by molar-refractivity contribution is 0.142. The number of aromatic nitrogens is 1. The number of carboxylic acid groups (broad SMARTS) is 1. The van der Waals surface area contributed by atoms with Crippen LogP contribution in [-0.2, 0) is 0 Å². The molecule has 0 unspecified atom stereocenters. The van der Waals surface area contributed by atoms with Crippen molar-refractivity contribution in [3.63, 3.8) is 0 Å². The first-order valence-corrected chi connectivity index (χ1v) is 6.35. The molecular weight excluding hydrogens is 262 g/mol. The molecule has 1 aliphatic rings. The molecule has 0 atom stereocenters. The minimum atomic E-state index is -0.876. The third-order valence-electron chi connectivity index (χ3n) is 3.51. The fourth-order valence-electron chi connectivity index (χ4n) is 2.37. The van der Waals surface area contributed by atoms with Gasteiger partial charge in [0.05, 0.1) is 12.5 Å². The maximum Gasteiger partial charge on any atom is 0.407 e. The number of piperazine rings is 1. The highest BCUT2D eigenvalue weighted by atomic mass is 16.5. The zero-order valence-corrected chi connectivity index (χ0v) is 11.1. The van der Waals surface area contributed by atoms with Crippen molar-refractivity contribution in [1.82, 2.24) is 10.1 Å². The third kappa shape index (κ3) is 2.11. The van der Waals surface area contributed by atoms with Gasteiger partial charge in [0.1, 0.15) is 5.75 Å². The number of fused-ring (bicyclic) bond motifs is 1. The Labute approximate surface area is 115 Å². The topological polar surface area (TPSA) is 79.0 Å². The number of ether oxygens (including phenoxy) is 1. The van der Waals surface area contributed by atoms with E-state index in [0.29, 0.717) is 31.8 Å². The standard InChI is InChI=1S/C13H15N3O4/c1-19-9-2-3-10-11(8-9)20-14-12(10)15-4-6-16(7-5-15)13(17)18/h2-3,8H,4-7H2,1H3,(H,17,18). The van der Waals surface area contributed by atoms with Gasteiger partial charge in [-0.15, -0.1) is 0 Å². The van der Waals surface area contributed by atoms with E-state index in [2.05, 4.69) is 5.16 Å². The predicted octanol–water partition coefficient (Wildman–Crippen LogP) is 1.64. The summed E-state index contributed by atoms with van der Waals surface area (Å²) in [6, 6.07) is 5.55. The van der Waals surface area contributed by atoms with Crippen LogP contribution in [0.3, 0.4) is 0 Å². The van der Waals surface area contributed by atoms with Crippen LogP contribution in [0.25, 0.3) is 11.0 Å². The van der Waals surface area contributed by atoms with Gasteiger partial charge in [0.25, 0.3) is 0 Å². The van der Waals surface area contributed by atoms with Crippen LogP contribution < -0.4 is 9.64 Å². The van der Waals surface area contributed by atoms with Crippen molar-refractivity contribution in [3.05, 3.63) is 18.2 Å². The highest BCUT2D eigenvalue weighted by Gasteiger charge is 2.23. The Balaban J connectivity index is 1.83. The molecule has 1 saturated heterocycles. The van der Waals surface area contributed by atoms with Gasteiger partial charge in [0.15, 0.2) is 11.4 Å². The second-order valence-electron chi connectivity index (χ2n) is 4.62. The van der Waals surface area contributed by atoms with E-state index < -0.39 is 6.09 Å². The van der Waals surface area contributed by atoms with Gasteiger partial charge >= 0.3 is 6.09 Å². The van der Waals surface area contributed by atoms with Crippen LogP contribution in [0.4, 0.5) is 10.6 Å². The minimum Gasteiger partial charge on any atom is -0.497 e. The Morgan fingerprint density at radius 1 is 1.35 bits per heavy atom. The zero-order valence-electron chi connectivity index (χ0n) is 11.1. The van der Waals surface area contributed by atoms with Gasteiger partial charge in [0.2, 0.25) is 0 Å². The van der Waals surface area contributed by atoms with Crippen LogP contribution in [0.2, 0.25) is 0 Å². The lowest BCUT2D eigenvalue weighted by Crippen LogP contribution is -2.48. The summed E-state index contributed by atoms with van der Waals surface area (Å²) < 4.78 is 10.5. The van der Waals surface area contributed by atoms with E-state index >= 15 is 0 Å². The number of carbonyl (C=O) groups is 1. The molecule has 0 saturated carbocycles. The van der Waals surface area contributed by atoms with Crippen LogP contribution in [0.15, 0.2) is 22.7 Å². The number of anilines is 1. The fraction of sp³-hybridized carbons (Fsp3) is 0.385. The fourth-order valence-corrected chi connectivity index (χ4v) is 2.37. The molecule has 2 heterocycles. The van der Waals surface area contributed by atoms with Gasteiger partial charge in [-0.2, -0.15) is 0 Å². The molecule has 1 aliphatic heterocycles. The van der Waals surface area contributed by atoms with E-state index in [9.17, 15) is 4.79 Å². The summed E-state index contributed by atoms with van der Waals surface area (Å²) in [4.78, 5) is 14.3. The molecular formula is C13H15N3O4. The van der Waals surface area contributed by atoms with Crippen molar-refractivity contribution in [1.29, 1.82) is 0 Å². The van der Waals surface area contributed by atoms with E-state index in [1.807, 2.05) is 17.0 Å². The Bertz CT molecular complexity index is 632. The normalized spacial score (nSPS) is 15.7. The van der Waals surface area contributed by atoms with Crippen molar-refractivity contribution in [3.8, 4) is 5.75 Å². The maximum atomic E-state index is 10.9. The molecule has 0 radical (unpaired) electrons. The average molecular weight is 277 g/mol. The Morgan fingerprint density at radius 3 is 2.75 bits per heavy atom. The summed E-state index contributed by atoms with van der Waals surface area (Å²) in [5, 5.41) is 13.9. The first kappa shape index (κ1) is 12.6. The van der Waals surface area contributed by atoms with Crippen molar-refractivity contribution in [2.45, 2.75) is 0 Å². The SMILES string of the molecule is COc1ccc2c(N3CCN(C(=O)O)CC3)noc2c1. The third-order valence-corrected chi connectivity index (χ3v) is 3.51. The quantitative estimate of drug-likeness (QED) is 0.899. The van der Waals surface area contributed by atoms with Crippen molar-refractivity contribution in [2.75, 3.05) is 38.2 Å². The second-order valence-corrected chi connectivity index (χ2v) is 4.62. The lowest BCUT2D eigenvalue weighted by atomic mass is 10.2.